The first-order valence-electron chi connectivity index (χ1n) is 6.16. The van der Waals surface area contributed by atoms with Crippen LogP contribution in [0.15, 0.2) is 13.5 Å². The van der Waals surface area contributed by atoms with E-state index in [0.717, 1.165) is 19.3 Å². The minimum atomic E-state index is -5.61. The minimum Gasteiger partial charge on any atom is -0.259 e. The van der Waals surface area contributed by atoms with Crippen molar-refractivity contribution in [2.24, 2.45) is 13.5 Å². The maximum Gasteiger partial charge on any atom is 0.445 e. The molecule has 0 aromatic heterocycles. The Morgan fingerprint density at radius 3 is 1.85 bits per heavy atom. The number of nitrogens with zero attached hydrogens (tertiary/aromatic N) is 4. The molecule has 0 aromatic rings. The number of rotatable bonds is 6. The third-order valence-electron chi connectivity index (χ3n) is 2.91. The van der Waals surface area contributed by atoms with Crippen LogP contribution in [-0.2, 0) is 0 Å². The van der Waals surface area contributed by atoms with E-state index < -0.39 is 27.6 Å². The van der Waals surface area contributed by atoms with Gasteiger partial charge in [-0.3, -0.25) is 4.25 Å². The molecule has 0 spiro atoms. The maximum absolute atomic E-state index is 14.6. The SMILES string of the molecule is CCCCCC[N+](C)(C)P1(F)=NP(F)(F)=NP(F)(F)=N1. The molecule has 0 saturated carbocycles. The van der Waals surface area contributed by atoms with Crippen molar-refractivity contribution in [3.63, 3.8) is 0 Å². The highest BCUT2D eigenvalue weighted by Gasteiger charge is 2.49. The summed E-state index contributed by atoms with van der Waals surface area (Å²) in [5.41, 5.74) is 0. The average molecular weight is 359 g/mol. The van der Waals surface area contributed by atoms with Crippen molar-refractivity contribution in [3.8, 4) is 0 Å². The highest BCUT2D eigenvalue weighted by atomic mass is 31.3. The second-order valence-corrected chi connectivity index (χ2v) is 11.1. The zero-order valence-electron chi connectivity index (χ0n) is 11.6. The lowest BCUT2D eigenvalue weighted by molar-refractivity contribution is -0.770. The molecule has 120 valence electrons. The first kappa shape index (κ1) is 18.3. The largest absolute Gasteiger partial charge is 0.445 e. The fourth-order valence-corrected chi connectivity index (χ4v) is 8.48. The summed E-state index contributed by atoms with van der Waals surface area (Å²) in [4.78, 5) is 0. The van der Waals surface area contributed by atoms with Crippen LogP contribution in [0.3, 0.4) is 0 Å². The van der Waals surface area contributed by atoms with E-state index in [0.29, 0.717) is 6.42 Å². The van der Waals surface area contributed by atoms with E-state index in [1.54, 1.807) is 0 Å². The molecule has 0 saturated heterocycles. The lowest BCUT2D eigenvalue weighted by atomic mass is 10.2. The van der Waals surface area contributed by atoms with E-state index in [1.807, 2.05) is 6.92 Å². The molecule has 1 heterocycles. The van der Waals surface area contributed by atoms with Gasteiger partial charge in [0, 0.05) is 0 Å². The zero-order chi connectivity index (χ0) is 15.7. The Balaban J connectivity index is 3.07. The smallest absolute Gasteiger partial charge is 0.259 e. The molecule has 1 unspecified atom stereocenters. The number of hydrogen-bond acceptors (Lipinski definition) is 3. The maximum atomic E-state index is 14.6. The van der Waals surface area contributed by atoms with Crippen LogP contribution >= 0.6 is 23.3 Å². The van der Waals surface area contributed by atoms with Crippen molar-refractivity contribution in [2.45, 2.75) is 32.6 Å². The van der Waals surface area contributed by atoms with E-state index in [-0.39, 0.29) is 6.54 Å². The van der Waals surface area contributed by atoms with E-state index in [2.05, 4.69) is 13.5 Å². The lowest BCUT2D eigenvalue weighted by Gasteiger charge is -2.33. The Morgan fingerprint density at radius 1 is 0.800 bits per heavy atom. The summed E-state index contributed by atoms with van der Waals surface area (Å²) in [5.74, 6) is 0. The van der Waals surface area contributed by atoms with E-state index in [1.165, 1.54) is 14.1 Å². The van der Waals surface area contributed by atoms with Crippen molar-refractivity contribution < 1.29 is 25.2 Å². The third kappa shape index (κ3) is 4.66. The van der Waals surface area contributed by atoms with Gasteiger partial charge in [0.05, 0.1) is 20.6 Å². The second-order valence-electron chi connectivity index (χ2n) is 5.08. The zero-order valence-corrected chi connectivity index (χ0v) is 14.2. The number of quaternary nitrogens is 1. The molecular weight excluding hydrogens is 340 g/mol. The molecule has 0 aromatic carbocycles. The molecule has 4 nitrogen and oxygen atoms in total. The summed E-state index contributed by atoms with van der Waals surface area (Å²) >= 11 is 0. The van der Waals surface area contributed by atoms with Gasteiger partial charge in [-0.1, -0.05) is 19.8 Å². The Labute approximate surface area is 116 Å². The van der Waals surface area contributed by atoms with Gasteiger partial charge in [0.15, 0.2) is 0 Å². The van der Waals surface area contributed by atoms with E-state index >= 15 is 0 Å². The fraction of sp³-hybridized carbons (Fsp3) is 1.00. The van der Waals surface area contributed by atoms with Crippen LogP contribution in [0.2, 0.25) is 0 Å². The summed E-state index contributed by atoms with van der Waals surface area (Å²) in [6, 6.07) is 0. The first-order chi connectivity index (χ1) is 8.93. The van der Waals surface area contributed by atoms with E-state index in [4.69, 9.17) is 0 Å². The summed E-state index contributed by atoms with van der Waals surface area (Å²) < 4.78 is 74.3. The normalized spacial score (nSPS) is 28.2. The summed E-state index contributed by atoms with van der Waals surface area (Å²) in [6.45, 7) is 2.14. The molecular formula is C8H19F5N4P3+. The Morgan fingerprint density at radius 2 is 1.35 bits per heavy atom. The molecule has 0 amide bonds. The molecule has 12 heteroatoms. The molecule has 0 N–H and O–H groups in total. The van der Waals surface area contributed by atoms with Crippen molar-refractivity contribution in [1.29, 1.82) is 0 Å². The molecule has 1 aliphatic rings. The molecule has 0 radical (unpaired) electrons. The summed E-state index contributed by atoms with van der Waals surface area (Å²) in [5, 5.41) is 0. The van der Waals surface area contributed by atoms with Crippen LogP contribution < -0.4 is 0 Å². The second kappa shape index (κ2) is 6.20. The molecule has 0 fully saturated rings. The minimum absolute atomic E-state index is 0.150. The van der Waals surface area contributed by atoms with E-state index in [9.17, 15) is 21.0 Å². The number of hydrogen-bond donors (Lipinski definition) is 0. The molecule has 20 heavy (non-hydrogen) atoms. The predicted molar refractivity (Wildman–Crippen MR) is 74.7 cm³/mol. The quantitative estimate of drug-likeness (QED) is 0.270. The van der Waals surface area contributed by atoms with Crippen LogP contribution in [0.25, 0.3) is 0 Å². The standard InChI is InChI=1S/C8H19F5N4P3/c1-4-5-6-7-8-17(2,3)20(13)15-18(9,10)14-19(11,12)16-20/h4-8H2,1-3H3/q+1. The van der Waals surface area contributed by atoms with Crippen LogP contribution in [0.4, 0.5) is 21.0 Å². The third-order valence-corrected chi connectivity index (χ3v) is 9.75. The van der Waals surface area contributed by atoms with Gasteiger partial charge in [0.2, 0.25) is 0 Å². The molecule has 1 rings (SSSR count). The topological polar surface area (TPSA) is 37.1 Å². The van der Waals surface area contributed by atoms with Crippen molar-refractivity contribution >= 4 is 23.3 Å². The van der Waals surface area contributed by atoms with Crippen LogP contribution in [-0.4, -0.2) is 24.9 Å². The molecule has 1 atom stereocenters. The monoisotopic (exact) mass is 359 g/mol. The number of halogens is 5. The fourth-order valence-electron chi connectivity index (χ4n) is 1.73. The lowest BCUT2D eigenvalue weighted by Crippen LogP contribution is -2.35. The summed E-state index contributed by atoms with van der Waals surface area (Å²) in [6.07, 6.45) is 3.24. The van der Waals surface area contributed by atoms with Crippen LogP contribution in [0.1, 0.15) is 32.6 Å². The van der Waals surface area contributed by atoms with Crippen molar-refractivity contribution in [2.75, 3.05) is 20.6 Å². The molecule has 1 aliphatic heterocycles. The van der Waals surface area contributed by atoms with Gasteiger partial charge in [-0.25, -0.2) is 0 Å². The van der Waals surface area contributed by atoms with Gasteiger partial charge in [-0.2, -0.15) is 0 Å². The van der Waals surface area contributed by atoms with Gasteiger partial charge in [-0.05, 0) is 12.8 Å². The van der Waals surface area contributed by atoms with Gasteiger partial charge in [-0.15, -0.1) is 34.5 Å². The van der Waals surface area contributed by atoms with Crippen molar-refractivity contribution in [3.05, 3.63) is 0 Å². The van der Waals surface area contributed by atoms with Gasteiger partial charge >= 0.3 is 23.3 Å². The first-order valence-corrected chi connectivity index (χ1v) is 10.7. The Hall–Kier alpha value is 0.300. The average Bonchev–Trinajstić information content (AvgIpc) is 2.19. The van der Waals surface area contributed by atoms with Crippen LogP contribution in [0, 0.1) is 0 Å². The van der Waals surface area contributed by atoms with Crippen molar-refractivity contribution in [1.82, 2.24) is 0 Å². The summed E-state index contributed by atoms with van der Waals surface area (Å²) in [7, 11) is -13.3. The molecule has 0 bridgehead atoms. The Bertz CT molecular complexity index is 513. The highest BCUT2D eigenvalue weighted by molar-refractivity contribution is 7.77. The predicted octanol–water partition coefficient (Wildman–Crippen LogP) is 7.34. The van der Waals surface area contributed by atoms with Crippen LogP contribution in [0.5, 0.6) is 0 Å². The highest BCUT2D eigenvalue weighted by Crippen LogP contribution is 2.83. The van der Waals surface area contributed by atoms with Gasteiger partial charge < -0.3 is 0 Å². The molecule has 0 aliphatic carbocycles. The van der Waals surface area contributed by atoms with Gasteiger partial charge in [0.25, 0.3) is 0 Å². The number of unbranched alkanes of at least 4 members (excludes halogenated alkanes) is 3. The van der Waals surface area contributed by atoms with Gasteiger partial charge in [0.1, 0.15) is 0 Å². The Kier molecular flexibility index (Phi) is 5.68.